The van der Waals surface area contributed by atoms with E-state index in [1.165, 1.54) is 5.56 Å². The molecular formula is C29H37N3O2. The van der Waals surface area contributed by atoms with Crippen LogP contribution < -0.4 is 0 Å². The van der Waals surface area contributed by atoms with E-state index in [4.69, 9.17) is 0 Å². The molecule has 0 bridgehead atoms. The summed E-state index contributed by atoms with van der Waals surface area (Å²) in [7, 11) is 2.08. The standard InChI is InChI=1S/C29H37N3O2/c1-21(2)24-8-10-25(11-9-24)29(34,27(4)19-31(6)20-27)26-16-23(17-30-18-26)12-14-28(5)13-7-15-32(28)22(3)33/h8-11,16-18,21,34H,7,13,15,19-20H2,1-6H3/t28-,29?/m1/s1. The first-order chi connectivity index (χ1) is 16.0. The number of amides is 1. The lowest BCUT2D eigenvalue weighted by Gasteiger charge is -2.55. The van der Waals surface area contributed by atoms with Crippen LogP contribution in [0.2, 0.25) is 0 Å². The molecule has 2 aromatic rings. The summed E-state index contributed by atoms with van der Waals surface area (Å²) in [6, 6.07) is 10.3. The molecule has 0 aliphatic carbocycles. The van der Waals surface area contributed by atoms with Crippen LogP contribution in [-0.2, 0) is 10.4 Å². The number of pyridine rings is 1. The molecule has 2 atom stereocenters. The van der Waals surface area contributed by atoms with Crippen LogP contribution in [0.15, 0.2) is 42.7 Å². The lowest BCUT2D eigenvalue weighted by Crippen LogP contribution is -2.63. The van der Waals surface area contributed by atoms with Gasteiger partial charge in [0, 0.05) is 55.5 Å². The molecule has 2 fully saturated rings. The first kappa shape index (κ1) is 24.4. The average Bonchev–Trinajstić information content (AvgIpc) is 3.18. The lowest BCUT2D eigenvalue weighted by molar-refractivity contribution is -0.130. The summed E-state index contributed by atoms with van der Waals surface area (Å²) in [5.74, 6) is 7.10. The van der Waals surface area contributed by atoms with E-state index in [2.05, 4.69) is 73.8 Å². The molecule has 2 saturated heterocycles. The van der Waals surface area contributed by atoms with Crippen LogP contribution in [0.3, 0.4) is 0 Å². The lowest BCUT2D eigenvalue weighted by atomic mass is 9.62. The van der Waals surface area contributed by atoms with Gasteiger partial charge in [-0.25, -0.2) is 0 Å². The number of carbonyl (C=O) groups is 1. The predicted molar refractivity (Wildman–Crippen MR) is 135 cm³/mol. The first-order valence-electron chi connectivity index (χ1n) is 12.3. The van der Waals surface area contributed by atoms with Gasteiger partial charge in [-0.2, -0.15) is 0 Å². The Bertz CT molecular complexity index is 1120. The predicted octanol–water partition coefficient (Wildman–Crippen LogP) is 4.15. The largest absolute Gasteiger partial charge is 0.380 e. The third-order valence-electron chi connectivity index (χ3n) is 7.76. The van der Waals surface area contributed by atoms with E-state index < -0.39 is 11.1 Å². The van der Waals surface area contributed by atoms with Crippen LogP contribution in [0, 0.1) is 17.3 Å². The molecule has 1 aromatic heterocycles. The summed E-state index contributed by atoms with van der Waals surface area (Å²) in [5.41, 5.74) is 1.63. The van der Waals surface area contributed by atoms with Crippen molar-refractivity contribution in [3.05, 3.63) is 65.0 Å². The molecular weight excluding hydrogens is 422 g/mol. The zero-order valence-electron chi connectivity index (χ0n) is 21.4. The molecule has 1 amide bonds. The molecule has 1 aromatic carbocycles. The Morgan fingerprint density at radius 2 is 1.82 bits per heavy atom. The highest BCUT2D eigenvalue weighted by Crippen LogP contribution is 2.50. The summed E-state index contributed by atoms with van der Waals surface area (Å²) >= 11 is 0. The summed E-state index contributed by atoms with van der Waals surface area (Å²) in [5, 5.41) is 12.4. The average molecular weight is 460 g/mol. The minimum absolute atomic E-state index is 0.0578. The zero-order chi connectivity index (χ0) is 24.7. The van der Waals surface area contributed by atoms with Gasteiger partial charge in [0.1, 0.15) is 11.1 Å². The number of likely N-dealkylation sites (tertiary alicyclic amines) is 2. The molecule has 5 heteroatoms. The second-order valence-electron chi connectivity index (χ2n) is 11.0. The van der Waals surface area contributed by atoms with Crippen LogP contribution >= 0.6 is 0 Å². The summed E-state index contributed by atoms with van der Waals surface area (Å²) < 4.78 is 0. The Hall–Kier alpha value is -2.68. The Labute approximate surface area is 204 Å². The third kappa shape index (κ3) is 4.15. The van der Waals surface area contributed by atoms with Gasteiger partial charge in [0.15, 0.2) is 0 Å². The molecule has 0 radical (unpaired) electrons. The van der Waals surface area contributed by atoms with Crippen LogP contribution in [0.4, 0.5) is 0 Å². The Morgan fingerprint density at radius 3 is 2.41 bits per heavy atom. The Kier molecular flexibility index (Phi) is 6.35. The van der Waals surface area contributed by atoms with Gasteiger partial charge in [-0.15, -0.1) is 0 Å². The fourth-order valence-corrected chi connectivity index (χ4v) is 5.86. The maximum absolute atomic E-state index is 12.4. The molecule has 2 aliphatic heterocycles. The highest BCUT2D eigenvalue weighted by atomic mass is 16.3. The van der Waals surface area contributed by atoms with Gasteiger partial charge in [-0.3, -0.25) is 9.78 Å². The summed E-state index contributed by atoms with van der Waals surface area (Å²) in [6.07, 6.45) is 5.33. The molecule has 3 heterocycles. The second kappa shape index (κ2) is 8.83. The third-order valence-corrected chi connectivity index (χ3v) is 7.76. The molecule has 4 rings (SSSR count). The van der Waals surface area contributed by atoms with Gasteiger partial charge < -0.3 is 14.9 Å². The maximum atomic E-state index is 12.4. The number of benzene rings is 1. The van der Waals surface area contributed by atoms with E-state index in [0.717, 1.165) is 49.2 Å². The van der Waals surface area contributed by atoms with Crippen LogP contribution in [0.5, 0.6) is 0 Å². The minimum Gasteiger partial charge on any atom is -0.380 e. The molecule has 5 nitrogen and oxygen atoms in total. The van der Waals surface area contributed by atoms with Gasteiger partial charge >= 0.3 is 0 Å². The number of aromatic nitrogens is 1. The van der Waals surface area contributed by atoms with E-state index in [9.17, 15) is 9.90 Å². The second-order valence-corrected chi connectivity index (χ2v) is 11.0. The van der Waals surface area contributed by atoms with Crippen LogP contribution in [0.25, 0.3) is 0 Å². The van der Waals surface area contributed by atoms with Crippen molar-refractivity contribution in [1.29, 1.82) is 0 Å². The number of carbonyl (C=O) groups excluding carboxylic acids is 1. The van der Waals surface area contributed by atoms with Crippen molar-refractivity contribution in [1.82, 2.24) is 14.8 Å². The number of rotatable bonds is 4. The van der Waals surface area contributed by atoms with Gasteiger partial charge in [-0.05, 0) is 49.9 Å². The molecule has 1 unspecified atom stereocenters. The van der Waals surface area contributed by atoms with Crippen molar-refractivity contribution in [2.24, 2.45) is 5.41 Å². The molecule has 0 spiro atoms. The van der Waals surface area contributed by atoms with Gasteiger partial charge in [0.25, 0.3) is 0 Å². The van der Waals surface area contributed by atoms with E-state index in [1.807, 2.05) is 17.9 Å². The fraction of sp³-hybridized carbons (Fsp3) is 0.517. The van der Waals surface area contributed by atoms with Gasteiger partial charge in [0.2, 0.25) is 5.91 Å². The molecule has 0 saturated carbocycles. The van der Waals surface area contributed by atoms with Crippen molar-refractivity contribution >= 4 is 5.91 Å². The van der Waals surface area contributed by atoms with Crippen molar-refractivity contribution < 1.29 is 9.90 Å². The van der Waals surface area contributed by atoms with E-state index in [1.54, 1.807) is 19.3 Å². The minimum atomic E-state index is -1.19. The van der Waals surface area contributed by atoms with Crippen molar-refractivity contribution in [2.45, 2.75) is 64.5 Å². The zero-order valence-corrected chi connectivity index (χ0v) is 21.4. The van der Waals surface area contributed by atoms with Crippen LogP contribution in [-0.4, -0.2) is 58.0 Å². The maximum Gasteiger partial charge on any atom is 0.220 e. The van der Waals surface area contributed by atoms with Crippen molar-refractivity contribution in [3.63, 3.8) is 0 Å². The quantitative estimate of drug-likeness (QED) is 0.698. The fourth-order valence-electron chi connectivity index (χ4n) is 5.86. The normalized spacial score (nSPS) is 23.7. The monoisotopic (exact) mass is 459 g/mol. The first-order valence-corrected chi connectivity index (χ1v) is 12.3. The SMILES string of the molecule is CC(=O)N1CCC[C@]1(C)C#Cc1cncc(C(O)(c2ccc(C(C)C)cc2)C2(C)CN(C)C2)c1. The number of hydrogen-bond donors (Lipinski definition) is 1. The molecule has 180 valence electrons. The number of hydrogen-bond acceptors (Lipinski definition) is 4. The van der Waals surface area contributed by atoms with Crippen molar-refractivity contribution in [2.75, 3.05) is 26.7 Å². The smallest absolute Gasteiger partial charge is 0.220 e. The Balaban J connectivity index is 1.75. The molecule has 2 aliphatic rings. The number of aliphatic hydroxyl groups is 1. The van der Waals surface area contributed by atoms with E-state index in [0.29, 0.717) is 5.92 Å². The van der Waals surface area contributed by atoms with Gasteiger partial charge in [0.05, 0.1) is 0 Å². The summed E-state index contributed by atoms with van der Waals surface area (Å²) in [6.45, 7) is 12.5. The van der Waals surface area contributed by atoms with E-state index >= 15 is 0 Å². The molecule has 1 N–H and O–H groups in total. The molecule has 34 heavy (non-hydrogen) atoms. The highest BCUT2D eigenvalue weighted by Gasteiger charge is 2.55. The van der Waals surface area contributed by atoms with Crippen LogP contribution in [0.1, 0.15) is 75.6 Å². The van der Waals surface area contributed by atoms with E-state index in [-0.39, 0.29) is 11.3 Å². The topological polar surface area (TPSA) is 56.7 Å². The highest BCUT2D eigenvalue weighted by molar-refractivity contribution is 5.75. The Morgan fingerprint density at radius 1 is 1.15 bits per heavy atom. The summed E-state index contributed by atoms with van der Waals surface area (Å²) in [4.78, 5) is 20.6. The van der Waals surface area contributed by atoms with Crippen molar-refractivity contribution in [3.8, 4) is 11.8 Å². The number of nitrogens with zero attached hydrogens (tertiary/aromatic N) is 3. The van der Waals surface area contributed by atoms with Gasteiger partial charge in [-0.1, -0.05) is 56.9 Å².